The number of methoxy groups -OCH3 is 1. The van der Waals surface area contributed by atoms with Crippen LogP contribution in [-0.4, -0.2) is 59.1 Å². The summed E-state index contributed by atoms with van der Waals surface area (Å²) in [6.45, 7) is 2.17. The second kappa shape index (κ2) is 7.74. The maximum absolute atomic E-state index is 12.4. The maximum Gasteiger partial charge on any atom is 0.222 e. The molecule has 1 unspecified atom stereocenters. The molecular weight excluding hydrogens is 282 g/mol. The van der Waals surface area contributed by atoms with Crippen molar-refractivity contribution in [1.29, 1.82) is 0 Å². The number of piperidine rings is 1. The second-order valence-corrected chi connectivity index (χ2v) is 6.34. The van der Waals surface area contributed by atoms with E-state index >= 15 is 0 Å². The quantitative estimate of drug-likeness (QED) is 0.815. The summed E-state index contributed by atoms with van der Waals surface area (Å²) >= 11 is 0. The number of likely N-dealkylation sites (tertiary alicyclic amines) is 1. The Morgan fingerprint density at radius 1 is 1.55 bits per heavy atom. The average Bonchev–Trinajstić information content (AvgIpc) is 2.96. The van der Waals surface area contributed by atoms with Crippen LogP contribution in [0.25, 0.3) is 0 Å². The number of ether oxygens (including phenoxy) is 1. The van der Waals surface area contributed by atoms with Gasteiger partial charge in [-0.05, 0) is 31.2 Å². The van der Waals surface area contributed by atoms with Crippen molar-refractivity contribution in [2.45, 2.75) is 32.1 Å². The van der Waals surface area contributed by atoms with Crippen LogP contribution < -0.4 is 0 Å². The summed E-state index contributed by atoms with van der Waals surface area (Å²) in [6, 6.07) is 0. The zero-order valence-corrected chi connectivity index (χ0v) is 13.6. The first-order valence-corrected chi connectivity index (χ1v) is 7.94. The van der Waals surface area contributed by atoms with Crippen molar-refractivity contribution in [3.05, 3.63) is 18.0 Å². The Hall–Kier alpha value is -1.40. The monoisotopic (exact) mass is 309 g/mol. The first-order valence-electron chi connectivity index (χ1n) is 7.94. The molecule has 0 bridgehead atoms. The lowest BCUT2D eigenvalue weighted by Crippen LogP contribution is -2.48. The molecule has 0 spiro atoms. The number of rotatable bonds is 7. The summed E-state index contributed by atoms with van der Waals surface area (Å²) in [5, 5.41) is 13.9. The highest BCUT2D eigenvalue weighted by Crippen LogP contribution is 2.33. The Labute approximate surface area is 132 Å². The second-order valence-electron chi connectivity index (χ2n) is 6.34. The van der Waals surface area contributed by atoms with Gasteiger partial charge in [0, 0.05) is 51.9 Å². The highest BCUT2D eigenvalue weighted by atomic mass is 16.5. The van der Waals surface area contributed by atoms with Gasteiger partial charge in [-0.25, -0.2) is 0 Å². The molecule has 6 heteroatoms. The molecule has 0 radical (unpaired) electrons. The van der Waals surface area contributed by atoms with Gasteiger partial charge in [-0.1, -0.05) is 0 Å². The molecule has 1 aromatic rings. The Bertz CT molecular complexity index is 489. The Morgan fingerprint density at radius 3 is 3.00 bits per heavy atom. The fourth-order valence-electron chi connectivity index (χ4n) is 3.16. The Kier molecular flexibility index (Phi) is 5.97. The lowest BCUT2D eigenvalue weighted by atomic mass is 9.78. The van der Waals surface area contributed by atoms with E-state index in [0.29, 0.717) is 26.0 Å². The van der Waals surface area contributed by atoms with Gasteiger partial charge in [-0.15, -0.1) is 0 Å². The molecule has 1 fully saturated rings. The van der Waals surface area contributed by atoms with Crippen molar-refractivity contribution in [3.8, 4) is 0 Å². The van der Waals surface area contributed by atoms with Crippen LogP contribution >= 0.6 is 0 Å². The van der Waals surface area contributed by atoms with Crippen molar-refractivity contribution in [2.75, 3.05) is 33.4 Å². The highest BCUT2D eigenvalue weighted by molar-refractivity contribution is 5.76. The molecule has 22 heavy (non-hydrogen) atoms. The molecule has 6 nitrogen and oxygen atoms in total. The van der Waals surface area contributed by atoms with Crippen LogP contribution in [0.1, 0.15) is 31.2 Å². The van der Waals surface area contributed by atoms with Gasteiger partial charge in [0.15, 0.2) is 0 Å². The molecule has 1 atom stereocenters. The molecule has 1 saturated heterocycles. The number of carbonyl (C=O) groups excluding carboxylic acids is 1. The van der Waals surface area contributed by atoms with Gasteiger partial charge in [0.05, 0.1) is 12.8 Å². The largest absolute Gasteiger partial charge is 0.396 e. The van der Waals surface area contributed by atoms with Crippen LogP contribution in [0, 0.1) is 5.41 Å². The lowest BCUT2D eigenvalue weighted by Gasteiger charge is -2.42. The summed E-state index contributed by atoms with van der Waals surface area (Å²) in [7, 11) is 3.55. The molecule has 1 amide bonds. The molecule has 1 aromatic heterocycles. The standard InChI is InChI=1S/C16H27N3O3/c1-18-11-14(10-17-18)4-5-15(21)19-8-3-6-16(12-19,13-20)7-9-22-2/h10-11,20H,3-9,12-13H2,1-2H3. The van der Waals surface area contributed by atoms with Crippen LogP contribution in [0.3, 0.4) is 0 Å². The van der Waals surface area contributed by atoms with Gasteiger partial charge in [0.25, 0.3) is 0 Å². The predicted octanol–water partition coefficient (Wildman–Crippen LogP) is 0.990. The maximum atomic E-state index is 12.4. The zero-order chi connectivity index (χ0) is 16.0. The smallest absolute Gasteiger partial charge is 0.222 e. The molecule has 1 aliphatic heterocycles. The van der Waals surface area contributed by atoms with Crippen LogP contribution in [0.4, 0.5) is 0 Å². The number of aryl methyl sites for hydroxylation is 2. The Balaban J connectivity index is 1.88. The third-order valence-electron chi connectivity index (χ3n) is 4.57. The minimum atomic E-state index is -0.196. The fourth-order valence-corrected chi connectivity index (χ4v) is 3.16. The summed E-state index contributed by atoms with van der Waals surface area (Å²) in [6.07, 6.45) is 7.67. The average molecular weight is 309 g/mol. The topological polar surface area (TPSA) is 67.6 Å². The number of nitrogens with zero attached hydrogens (tertiary/aromatic N) is 3. The lowest BCUT2D eigenvalue weighted by molar-refractivity contribution is -0.136. The van der Waals surface area contributed by atoms with Gasteiger partial charge < -0.3 is 14.7 Å². The van der Waals surface area contributed by atoms with E-state index in [9.17, 15) is 9.90 Å². The number of aliphatic hydroxyl groups excluding tert-OH is 1. The SMILES string of the molecule is COCCC1(CO)CCCN(C(=O)CCc2cnn(C)c2)C1. The fraction of sp³-hybridized carbons (Fsp3) is 0.750. The van der Waals surface area contributed by atoms with Gasteiger partial charge in [-0.3, -0.25) is 9.48 Å². The van der Waals surface area contributed by atoms with Gasteiger partial charge >= 0.3 is 0 Å². The van der Waals surface area contributed by atoms with Gasteiger partial charge in [-0.2, -0.15) is 5.10 Å². The van der Waals surface area contributed by atoms with E-state index in [-0.39, 0.29) is 17.9 Å². The molecule has 0 saturated carbocycles. The normalized spacial score (nSPS) is 22.0. The predicted molar refractivity (Wildman–Crippen MR) is 83.4 cm³/mol. The van der Waals surface area contributed by atoms with E-state index in [4.69, 9.17) is 4.74 Å². The number of hydrogen-bond acceptors (Lipinski definition) is 4. The molecule has 2 heterocycles. The molecule has 1 aliphatic rings. The minimum Gasteiger partial charge on any atom is -0.396 e. The van der Waals surface area contributed by atoms with E-state index in [1.54, 1.807) is 18.0 Å². The number of hydrogen-bond donors (Lipinski definition) is 1. The highest BCUT2D eigenvalue weighted by Gasteiger charge is 2.36. The first-order chi connectivity index (χ1) is 10.6. The number of aromatic nitrogens is 2. The summed E-state index contributed by atoms with van der Waals surface area (Å²) in [5.74, 6) is 0.166. The van der Waals surface area contributed by atoms with E-state index < -0.39 is 0 Å². The van der Waals surface area contributed by atoms with Crippen molar-refractivity contribution >= 4 is 5.91 Å². The van der Waals surface area contributed by atoms with Crippen molar-refractivity contribution in [3.63, 3.8) is 0 Å². The minimum absolute atomic E-state index is 0.114. The molecule has 0 aliphatic carbocycles. The van der Waals surface area contributed by atoms with E-state index in [0.717, 1.165) is 31.4 Å². The Morgan fingerprint density at radius 2 is 2.36 bits per heavy atom. The van der Waals surface area contributed by atoms with E-state index in [1.807, 2.05) is 18.1 Å². The van der Waals surface area contributed by atoms with Crippen LogP contribution in [0.2, 0.25) is 0 Å². The third kappa shape index (κ3) is 4.30. The van der Waals surface area contributed by atoms with E-state index in [2.05, 4.69) is 5.10 Å². The van der Waals surface area contributed by atoms with E-state index in [1.165, 1.54) is 0 Å². The zero-order valence-electron chi connectivity index (χ0n) is 13.6. The molecular formula is C16H27N3O3. The first kappa shape index (κ1) is 17.0. The van der Waals surface area contributed by atoms with Crippen molar-refractivity contribution in [2.24, 2.45) is 12.5 Å². The van der Waals surface area contributed by atoms with Gasteiger partial charge in [0.2, 0.25) is 5.91 Å². The van der Waals surface area contributed by atoms with Gasteiger partial charge in [0.1, 0.15) is 0 Å². The van der Waals surface area contributed by atoms with Crippen molar-refractivity contribution in [1.82, 2.24) is 14.7 Å². The molecule has 124 valence electrons. The molecule has 0 aromatic carbocycles. The van der Waals surface area contributed by atoms with Crippen molar-refractivity contribution < 1.29 is 14.6 Å². The number of amides is 1. The molecule has 1 N–H and O–H groups in total. The summed E-state index contributed by atoms with van der Waals surface area (Å²) < 4.78 is 6.90. The molecule has 2 rings (SSSR count). The van der Waals surface area contributed by atoms with Crippen LogP contribution in [0.5, 0.6) is 0 Å². The summed E-state index contributed by atoms with van der Waals surface area (Å²) in [4.78, 5) is 14.4. The number of carbonyl (C=O) groups is 1. The van der Waals surface area contributed by atoms with Crippen LogP contribution in [-0.2, 0) is 23.0 Å². The third-order valence-corrected chi connectivity index (χ3v) is 4.57. The number of aliphatic hydroxyl groups is 1. The van der Waals surface area contributed by atoms with Crippen LogP contribution in [0.15, 0.2) is 12.4 Å². The summed E-state index contributed by atoms with van der Waals surface area (Å²) in [5.41, 5.74) is 0.888.